The molecule has 0 aliphatic carbocycles. The van der Waals surface area contributed by atoms with Gasteiger partial charge in [0.1, 0.15) is 12.1 Å². The van der Waals surface area contributed by atoms with Gasteiger partial charge in [-0.15, -0.1) is 0 Å². The molecule has 0 spiro atoms. The molecular weight excluding hydrogens is 272 g/mol. The number of nitrogen functional groups attached to an aromatic ring is 1. The summed E-state index contributed by atoms with van der Waals surface area (Å²) >= 11 is 0. The molecule has 3 rings (SSSR count). The van der Waals surface area contributed by atoms with Crippen LogP contribution in [-0.4, -0.2) is 14.8 Å². The van der Waals surface area contributed by atoms with Crippen molar-refractivity contribution >= 4 is 16.8 Å². The number of oxazole rings is 1. The number of H-pyrrole nitrogens is 1. The van der Waals surface area contributed by atoms with Gasteiger partial charge in [0, 0.05) is 11.1 Å². The lowest BCUT2D eigenvalue weighted by Gasteiger charge is -2.05. The van der Waals surface area contributed by atoms with Crippen LogP contribution in [0.2, 0.25) is 0 Å². The average Bonchev–Trinajstić information content (AvgIpc) is 2.86. The van der Waals surface area contributed by atoms with Gasteiger partial charge in [0.25, 0.3) is 11.1 Å². The second-order valence-electron chi connectivity index (χ2n) is 4.88. The minimum absolute atomic E-state index is 0.0450. The number of hydrogen-bond donors (Lipinski definition) is 2. The summed E-state index contributed by atoms with van der Waals surface area (Å²) in [6, 6.07) is 5.23. The molecule has 1 aromatic carbocycles. The Morgan fingerprint density at radius 2 is 2.05 bits per heavy atom. The number of para-hydroxylation sites is 1. The second-order valence-corrected chi connectivity index (χ2v) is 4.88. The van der Waals surface area contributed by atoms with Crippen LogP contribution in [-0.2, 0) is 6.54 Å². The molecule has 0 amide bonds. The van der Waals surface area contributed by atoms with Gasteiger partial charge in [-0.25, -0.2) is 9.67 Å². The Bertz CT molecular complexity index is 949. The van der Waals surface area contributed by atoms with Crippen molar-refractivity contribution in [2.45, 2.75) is 20.4 Å². The van der Waals surface area contributed by atoms with Crippen LogP contribution in [0, 0.1) is 13.8 Å². The fourth-order valence-corrected chi connectivity index (χ4v) is 2.12. The molecule has 21 heavy (non-hydrogen) atoms. The van der Waals surface area contributed by atoms with E-state index < -0.39 is 0 Å². The van der Waals surface area contributed by atoms with Gasteiger partial charge in [-0.2, -0.15) is 0 Å². The van der Waals surface area contributed by atoms with Crippen LogP contribution in [0.5, 0.6) is 0 Å². The number of benzene rings is 1. The minimum Gasteiger partial charge on any atom is -0.439 e. The van der Waals surface area contributed by atoms with Crippen LogP contribution in [0.4, 0.5) is 5.69 Å². The molecule has 0 saturated heterocycles. The molecule has 3 aromatic rings. The molecule has 0 atom stereocenters. The Hall–Kier alpha value is -2.83. The smallest absolute Gasteiger partial charge is 0.268 e. The lowest BCUT2D eigenvalue weighted by molar-refractivity contribution is 0.477. The lowest BCUT2D eigenvalue weighted by Crippen LogP contribution is -2.33. The maximum atomic E-state index is 12.1. The van der Waals surface area contributed by atoms with Crippen LogP contribution in [0.3, 0.4) is 0 Å². The number of rotatable bonds is 2. The SMILES string of the molecule is Cc1c(C)c(=O)n(Cc2nc3c(N)cccc3o2)[nH]c1=O. The highest BCUT2D eigenvalue weighted by Gasteiger charge is 2.12. The predicted octanol–water partition coefficient (Wildman–Crippen LogP) is 0.925. The summed E-state index contributed by atoms with van der Waals surface area (Å²) in [5.74, 6) is 0.309. The van der Waals surface area contributed by atoms with E-state index in [0.29, 0.717) is 33.8 Å². The van der Waals surface area contributed by atoms with Gasteiger partial charge >= 0.3 is 0 Å². The molecule has 7 nitrogen and oxygen atoms in total. The van der Waals surface area contributed by atoms with Crippen molar-refractivity contribution in [3.05, 3.63) is 55.9 Å². The first-order valence-corrected chi connectivity index (χ1v) is 6.41. The fraction of sp³-hybridized carbons (Fsp3) is 0.214. The zero-order valence-corrected chi connectivity index (χ0v) is 11.6. The van der Waals surface area contributed by atoms with Gasteiger partial charge in [0.2, 0.25) is 5.89 Å². The second kappa shape index (κ2) is 4.62. The summed E-state index contributed by atoms with van der Waals surface area (Å²) in [6.07, 6.45) is 0. The topological polar surface area (TPSA) is 107 Å². The molecule has 0 radical (unpaired) electrons. The van der Waals surface area contributed by atoms with E-state index in [0.717, 1.165) is 0 Å². The quantitative estimate of drug-likeness (QED) is 0.681. The van der Waals surface area contributed by atoms with Crippen molar-refractivity contribution < 1.29 is 4.42 Å². The van der Waals surface area contributed by atoms with Crippen LogP contribution in [0.15, 0.2) is 32.2 Å². The third-order valence-corrected chi connectivity index (χ3v) is 3.49. The molecule has 0 saturated carbocycles. The predicted molar refractivity (Wildman–Crippen MR) is 78.3 cm³/mol. The maximum absolute atomic E-state index is 12.1. The Labute approximate surface area is 119 Å². The standard InChI is InChI=1S/C14H14N4O3/c1-7-8(2)14(20)18(17-13(7)19)6-11-16-12-9(15)4-3-5-10(12)21-11/h3-5H,6,15H2,1-2H3,(H,17,19). The van der Waals surface area contributed by atoms with Gasteiger partial charge in [0.05, 0.1) is 5.69 Å². The minimum atomic E-state index is -0.303. The summed E-state index contributed by atoms with van der Waals surface area (Å²) in [7, 11) is 0. The van der Waals surface area contributed by atoms with Crippen LogP contribution < -0.4 is 16.9 Å². The molecule has 0 unspecified atom stereocenters. The normalized spacial score (nSPS) is 11.1. The van der Waals surface area contributed by atoms with E-state index in [2.05, 4.69) is 10.1 Å². The molecule has 0 aliphatic rings. The summed E-state index contributed by atoms with van der Waals surface area (Å²) < 4.78 is 6.73. The van der Waals surface area contributed by atoms with Gasteiger partial charge in [0.15, 0.2) is 5.58 Å². The lowest BCUT2D eigenvalue weighted by atomic mass is 10.2. The summed E-state index contributed by atoms with van der Waals surface area (Å²) in [5.41, 5.74) is 7.66. The third-order valence-electron chi connectivity index (χ3n) is 3.49. The Morgan fingerprint density at radius 1 is 1.29 bits per heavy atom. The monoisotopic (exact) mass is 286 g/mol. The number of fused-ring (bicyclic) bond motifs is 1. The van der Waals surface area contributed by atoms with E-state index in [9.17, 15) is 9.59 Å². The highest BCUT2D eigenvalue weighted by molar-refractivity contribution is 5.85. The molecule has 2 heterocycles. The summed E-state index contributed by atoms with van der Waals surface area (Å²) in [4.78, 5) is 28.1. The van der Waals surface area contributed by atoms with Gasteiger partial charge in [-0.3, -0.25) is 14.7 Å². The first kappa shape index (κ1) is 13.2. The number of anilines is 1. The van der Waals surface area contributed by atoms with Gasteiger partial charge < -0.3 is 10.2 Å². The Balaban J connectivity index is 2.09. The van der Waals surface area contributed by atoms with Gasteiger partial charge in [-0.05, 0) is 26.0 Å². The zero-order chi connectivity index (χ0) is 15.1. The highest BCUT2D eigenvalue weighted by Crippen LogP contribution is 2.21. The molecule has 2 aromatic heterocycles. The summed E-state index contributed by atoms with van der Waals surface area (Å²) in [5, 5.41) is 2.51. The van der Waals surface area contributed by atoms with Crippen molar-refractivity contribution in [2.24, 2.45) is 0 Å². The number of nitrogens with two attached hydrogens (primary N) is 1. The third kappa shape index (κ3) is 2.12. The van der Waals surface area contributed by atoms with Crippen LogP contribution >= 0.6 is 0 Å². The van der Waals surface area contributed by atoms with Gasteiger partial charge in [-0.1, -0.05) is 6.07 Å². The number of aromatic amines is 1. The van der Waals surface area contributed by atoms with Crippen molar-refractivity contribution in [2.75, 3.05) is 5.73 Å². The number of nitrogens with zero attached hydrogens (tertiary/aromatic N) is 2. The fourth-order valence-electron chi connectivity index (χ4n) is 2.12. The van der Waals surface area contributed by atoms with E-state index in [4.69, 9.17) is 10.2 Å². The maximum Gasteiger partial charge on any atom is 0.268 e. The first-order chi connectivity index (χ1) is 9.97. The number of nitrogens with one attached hydrogen (secondary N) is 1. The number of aromatic nitrogens is 3. The highest BCUT2D eigenvalue weighted by atomic mass is 16.3. The van der Waals surface area contributed by atoms with E-state index >= 15 is 0 Å². The molecule has 0 aliphatic heterocycles. The molecule has 7 heteroatoms. The molecule has 0 bridgehead atoms. The molecular formula is C14H14N4O3. The van der Waals surface area contributed by atoms with Crippen molar-refractivity contribution in [1.82, 2.24) is 14.8 Å². The van der Waals surface area contributed by atoms with Crippen molar-refractivity contribution in [1.29, 1.82) is 0 Å². The van der Waals surface area contributed by atoms with Crippen LogP contribution in [0.25, 0.3) is 11.1 Å². The average molecular weight is 286 g/mol. The van der Waals surface area contributed by atoms with E-state index in [1.165, 1.54) is 4.68 Å². The zero-order valence-electron chi connectivity index (χ0n) is 11.6. The van der Waals surface area contributed by atoms with E-state index in [1.54, 1.807) is 32.0 Å². The molecule has 0 fully saturated rings. The van der Waals surface area contributed by atoms with Crippen LogP contribution in [0.1, 0.15) is 17.0 Å². The largest absolute Gasteiger partial charge is 0.439 e. The Kier molecular flexibility index (Phi) is 2.90. The van der Waals surface area contributed by atoms with E-state index in [1.807, 2.05) is 0 Å². The molecule has 3 N–H and O–H groups in total. The van der Waals surface area contributed by atoms with Crippen molar-refractivity contribution in [3.63, 3.8) is 0 Å². The number of hydrogen-bond acceptors (Lipinski definition) is 5. The first-order valence-electron chi connectivity index (χ1n) is 6.41. The summed E-state index contributed by atoms with van der Waals surface area (Å²) in [6.45, 7) is 3.27. The Morgan fingerprint density at radius 3 is 2.76 bits per heavy atom. The molecule has 108 valence electrons. The van der Waals surface area contributed by atoms with Crippen molar-refractivity contribution in [3.8, 4) is 0 Å². The van der Waals surface area contributed by atoms with E-state index in [-0.39, 0.29) is 17.7 Å².